The van der Waals surface area contributed by atoms with Crippen molar-refractivity contribution < 1.29 is 18.7 Å². The molecule has 0 atom stereocenters. The average molecular weight is 435 g/mol. The zero-order chi connectivity index (χ0) is 22.8. The van der Waals surface area contributed by atoms with E-state index in [9.17, 15) is 14.0 Å². The molecule has 0 aliphatic carbocycles. The van der Waals surface area contributed by atoms with Gasteiger partial charge in [-0.3, -0.25) is 9.69 Å². The van der Waals surface area contributed by atoms with Gasteiger partial charge in [-0.25, -0.2) is 9.18 Å². The second-order valence-electron chi connectivity index (χ2n) is 7.23. The van der Waals surface area contributed by atoms with Crippen molar-refractivity contribution in [3.05, 3.63) is 90.2 Å². The lowest BCUT2D eigenvalue weighted by Crippen LogP contribution is -2.38. The van der Waals surface area contributed by atoms with Crippen molar-refractivity contribution in [1.29, 1.82) is 0 Å². The summed E-state index contributed by atoms with van der Waals surface area (Å²) in [5, 5.41) is 5.65. The molecule has 3 aromatic carbocycles. The number of hydrogen-bond acceptors (Lipinski definition) is 3. The molecule has 0 fully saturated rings. The van der Waals surface area contributed by atoms with Gasteiger partial charge in [-0.2, -0.15) is 0 Å². The maximum atomic E-state index is 13.4. The van der Waals surface area contributed by atoms with Crippen molar-refractivity contribution in [2.75, 3.05) is 29.9 Å². The number of urea groups is 1. The smallest absolute Gasteiger partial charge is 0.326 e. The molecule has 32 heavy (non-hydrogen) atoms. The number of halogens is 1. The monoisotopic (exact) mass is 435 g/mol. The number of anilines is 2. The van der Waals surface area contributed by atoms with Gasteiger partial charge in [0.1, 0.15) is 11.6 Å². The van der Waals surface area contributed by atoms with Gasteiger partial charge < -0.3 is 15.4 Å². The highest BCUT2D eigenvalue weighted by Gasteiger charge is 2.16. The summed E-state index contributed by atoms with van der Waals surface area (Å²) in [6.07, 6.45) is 0.510. The van der Waals surface area contributed by atoms with Crippen molar-refractivity contribution in [1.82, 2.24) is 5.32 Å². The molecule has 0 unspecified atom stereocenters. The van der Waals surface area contributed by atoms with Crippen LogP contribution < -0.4 is 20.3 Å². The van der Waals surface area contributed by atoms with Crippen molar-refractivity contribution in [2.45, 2.75) is 13.3 Å². The molecule has 7 heteroatoms. The molecule has 0 radical (unpaired) electrons. The number of carbonyl (C=O) groups excluding carboxylic acids is 2. The van der Waals surface area contributed by atoms with Crippen LogP contribution in [0.2, 0.25) is 0 Å². The number of nitrogens with one attached hydrogen (secondary N) is 2. The Morgan fingerprint density at radius 3 is 2.44 bits per heavy atom. The molecule has 0 bridgehead atoms. The van der Waals surface area contributed by atoms with E-state index < -0.39 is 0 Å². The van der Waals surface area contributed by atoms with Crippen LogP contribution >= 0.6 is 0 Å². The van der Waals surface area contributed by atoms with Crippen LogP contribution in [0.15, 0.2) is 78.9 Å². The minimum atomic E-state index is -0.376. The normalized spacial score (nSPS) is 10.3. The number of para-hydroxylation sites is 1. The standard InChI is InChI=1S/C25H26FN3O3/c1-19-7-5-8-21(17-19)28-25(31)29(22-13-11-20(26)12-14-22)16-6-15-27-24(30)18-32-23-9-3-2-4-10-23/h2-5,7-14,17H,6,15-16,18H2,1H3,(H,27,30)(H,28,31). The first-order chi connectivity index (χ1) is 15.5. The SMILES string of the molecule is Cc1cccc(NC(=O)N(CCCNC(=O)COc2ccccc2)c2ccc(F)cc2)c1. The highest BCUT2D eigenvalue weighted by molar-refractivity contribution is 6.01. The Hall–Kier alpha value is -3.87. The first-order valence-corrected chi connectivity index (χ1v) is 10.4. The summed E-state index contributed by atoms with van der Waals surface area (Å²) in [6.45, 7) is 2.56. The Kier molecular flexibility index (Phi) is 8.20. The lowest BCUT2D eigenvalue weighted by atomic mass is 10.2. The van der Waals surface area contributed by atoms with E-state index in [0.717, 1.165) is 5.56 Å². The first-order valence-electron chi connectivity index (χ1n) is 10.4. The Morgan fingerprint density at radius 1 is 0.969 bits per heavy atom. The van der Waals surface area contributed by atoms with Gasteiger partial charge in [0.15, 0.2) is 6.61 Å². The fraction of sp³-hybridized carbons (Fsp3) is 0.200. The first kappa shape index (κ1) is 22.8. The van der Waals surface area contributed by atoms with Crippen LogP contribution in [0, 0.1) is 12.7 Å². The number of aryl methyl sites for hydroxylation is 1. The van der Waals surface area contributed by atoms with Crippen LogP contribution in [-0.4, -0.2) is 31.6 Å². The third kappa shape index (κ3) is 7.12. The quantitative estimate of drug-likeness (QED) is 0.476. The zero-order valence-corrected chi connectivity index (χ0v) is 17.9. The predicted molar refractivity (Wildman–Crippen MR) is 124 cm³/mol. The zero-order valence-electron chi connectivity index (χ0n) is 17.9. The molecule has 0 saturated heterocycles. The topological polar surface area (TPSA) is 70.7 Å². The second-order valence-corrected chi connectivity index (χ2v) is 7.23. The average Bonchev–Trinajstić information content (AvgIpc) is 2.79. The molecular weight excluding hydrogens is 409 g/mol. The van der Waals surface area contributed by atoms with E-state index in [1.165, 1.54) is 17.0 Å². The van der Waals surface area contributed by atoms with E-state index in [2.05, 4.69) is 10.6 Å². The number of hydrogen-bond donors (Lipinski definition) is 2. The summed E-state index contributed by atoms with van der Waals surface area (Å²) in [7, 11) is 0. The fourth-order valence-electron chi connectivity index (χ4n) is 3.06. The van der Waals surface area contributed by atoms with E-state index in [0.29, 0.717) is 36.6 Å². The van der Waals surface area contributed by atoms with Crippen LogP contribution in [-0.2, 0) is 4.79 Å². The van der Waals surface area contributed by atoms with Gasteiger partial charge >= 0.3 is 6.03 Å². The molecular formula is C25H26FN3O3. The minimum Gasteiger partial charge on any atom is -0.484 e. The van der Waals surface area contributed by atoms with Crippen LogP contribution in [0.4, 0.5) is 20.6 Å². The number of ether oxygens (including phenoxy) is 1. The lowest BCUT2D eigenvalue weighted by Gasteiger charge is -2.23. The van der Waals surface area contributed by atoms with Crippen molar-refractivity contribution in [3.8, 4) is 5.75 Å². The van der Waals surface area contributed by atoms with Crippen LogP contribution in [0.1, 0.15) is 12.0 Å². The molecule has 0 heterocycles. The third-order valence-corrected chi connectivity index (χ3v) is 4.65. The highest BCUT2D eigenvalue weighted by Crippen LogP contribution is 2.18. The summed E-state index contributed by atoms with van der Waals surface area (Å²) >= 11 is 0. The summed E-state index contributed by atoms with van der Waals surface area (Å²) in [5.41, 5.74) is 2.26. The fourth-order valence-corrected chi connectivity index (χ4v) is 3.06. The summed E-state index contributed by atoms with van der Waals surface area (Å²) < 4.78 is 18.8. The number of rotatable bonds is 9. The largest absolute Gasteiger partial charge is 0.484 e. The van der Waals surface area contributed by atoms with Crippen LogP contribution in [0.3, 0.4) is 0 Å². The van der Waals surface area contributed by atoms with Gasteiger partial charge in [0, 0.05) is 24.5 Å². The van der Waals surface area contributed by atoms with Crippen LogP contribution in [0.5, 0.6) is 5.75 Å². The molecule has 3 amide bonds. The van der Waals surface area contributed by atoms with E-state index in [1.807, 2.05) is 43.3 Å². The molecule has 0 aliphatic heterocycles. The maximum absolute atomic E-state index is 13.4. The van der Waals surface area contributed by atoms with Gasteiger partial charge in [0.25, 0.3) is 5.91 Å². The molecule has 6 nitrogen and oxygen atoms in total. The Labute approximate surface area is 187 Å². The molecule has 0 saturated carbocycles. The molecule has 0 aromatic heterocycles. The summed E-state index contributed by atoms with van der Waals surface area (Å²) in [6, 6.07) is 22.0. The predicted octanol–water partition coefficient (Wildman–Crippen LogP) is 4.76. The van der Waals surface area contributed by atoms with Crippen molar-refractivity contribution >= 4 is 23.3 Å². The van der Waals surface area contributed by atoms with E-state index in [1.54, 1.807) is 30.3 Å². The Morgan fingerprint density at radius 2 is 1.72 bits per heavy atom. The minimum absolute atomic E-state index is 0.0838. The second kappa shape index (κ2) is 11.5. The number of amides is 3. The molecule has 3 rings (SSSR count). The molecule has 0 aliphatic rings. The van der Waals surface area contributed by atoms with Crippen molar-refractivity contribution in [3.63, 3.8) is 0 Å². The lowest BCUT2D eigenvalue weighted by molar-refractivity contribution is -0.123. The maximum Gasteiger partial charge on any atom is 0.326 e. The number of carbonyl (C=O) groups is 2. The summed E-state index contributed by atoms with van der Waals surface area (Å²) in [4.78, 5) is 26.4. The van der Waals surface area contributed by atoms with E-state index in [4.69, 9.17) is 4.74 Å². The van der Waals surface area contributed by atoms with Gasteiger partial charge in [0.05, 0.1) is 0 Å². The Balaban J connectivity index is 1.53. The molecule has 2 N–H and O–H groups in total. The summed E-state index contributed by atoms with van der Waals surface area (Å²) in [5.74, 6) is 0.00261. The number of nitrogens with zero attached hydrogens (tertiary/aromatic N) is 1. The Bertz CT molecular complexity index is 1030. The van der Waals surface area contributed by atoms with Crippen LogP contribution in [0.25, 0.3) is 0 Å². The molecule has 3 aromatic rings. The van der Waals surface area contributed by atoms with Gasteiger partial charge in [-0.05, 0) is 67.4 Å². The molecule has 166 valence electrons. The molecule has 0 spiro atoms. The van der Waals surface area contributed by atoms with Gasteiger partial charge in [-0.15, -0.1) is 0 Å². The van der Waals surface area contributed by atoms with Gasteiger partial charge in [-0.1, -0.05) is 30.3 Å². The van der Waals surface area contributed by atoms with E-state index in [-0.39, 0.29) is 24.4 Å². The van der Waals surface area contributed by atoms with Gasteiger partial charge in [0.2, 0.25) is 0 Å². The third-order valence-electron chi connectivity index (χ3n) is 4.65. The highest BCUT2D eigenvalue weighted by atomic mass is 19.1. The van der Waals surface area contributed by atoms with Crippen molar-refractivity contribution in [2.24, 2.45) is 0 Å². The van der Waals surface area contributed by atoms with E-state index >= 15 is 0 Å². The number of benzene rings is 3.